The second-order valence-electron chi connectivity index (χ2n) is 7.04. The van der Waals surface area contributed by atoms with Crippen molar-refractivity contribution in [2.24, 2.45) is 5.10 Å². The number of carbonyl (C=O) groups excluding carboxylic acids is 1. The molecule has 2 N–H and O–H groups in total. The van der Waals surface area contributed by atoms with Gasteiger partial charge in [-0.05, 0) is 24.3 Å². The van der Waals surface area contributed by atoms with Gasteiger partial charge >= 0.3 is 0 Å². The predicted molar refractivity (Wildman–Crippen MR) is 126 cm³/mol. The maximum Gasteiger partial charge on any atom is 0.272 e. The summed E-state index contributed by atoms with van der Waals surface area (Å²) >= 11 is 6.36. The summed E-state index contributed by atoms with van der Waals surface area (Å²) in [7, 11) is 0. The Bertz CT molecular complexity index is 1450. The van der Waals surface area contributed by atoms with Gasteiger partial charge in [0.25, 0.3) is 5.91 Å². The molecule has 0 atom stereocenters. The fourth-order valence-electron chi connectivity index (χ4n) is 3.59. The lowest BCUT2D eigenvalue weighted by Gasteiger charge is -2.10. The largest absolute Gasteiger partial charge is 0.361 e. The lowest BCUT2D eigenvalue weighted by Crippen LogP contribution is -2.18. The van der Waals surface area contributed by atoms with Crippen molar-refractivity contribution < 1.29 is 4.79 Å². The number of halogens is 1. The van der Waals surface area contributed by atoms with E-state index >= 15 is 0 Å². The molecular formula is C25H17ClN4O. The van der Waals surface area contributed by atoms with E-state index in [1.807, 2.05) is 72.9 Å². The second kappa shape index (κ2) is 8.05. The fourth-order valence-corrected chi connectivity index (χ4v) is 3.82. The number of hydrazone groups is 1. The summed E-state index contributed by atoms with van der Waals surface area (Å²) in [5.74, 6) is -0.317. The number of benzene rings is 3. The molecule has 5 nitrogen and oxygen atoms in total. The van der Waals surface area contributed by atoms with E-state index in [0.29, 0.717) is 21.8 Å². The first-order chi connectivity index (χ1) is 15.2. The van der Waals surface area contributed by atoms with Crippen molar-refractivity contribution in [1.82, 2.24) is 15.4 Å². The van der Waals surface area contributed by atoms with E-state index in [0.717, 1.165) is 27.4 Å². The molecule has 0 saturated carbocycles. The van der Waals surface area contributed by atoms with E-state index in [1.54, 1.807) is 18.3 Å². The Hall–Kier alpha value is -3.96. The van der Waals surface area contributed by atoms with E-state index in [4.69, 9.17) is 16.6 Å². The molecule has 2 heterocycles. The Kier molecular flexibility index (Phi) is 4.94. The Labute approximate surface area is 183 Å². The molecular weight excluding hydrogens is 408 g/mol. The molecule has 0 bridgehead atoms. The number of nitrogens with zero attached hydrogens (tertiary/aromatic N) is 2. The van der Waals surface area contributed by atoms with E-state index in [-0.39, 0.29) is 5.91 Å². The highest BCUT2D eigenvalue weighted by molar-refractivity contribution is 6.33. The van der Waals surface area contributed by atoms with Crippen LogP contribution in [0.4, 0.5) is 0 Å². The minimum absolute atomic E-state index is 0.317. The molecule has 3 aromatic carbocycles. The van der Waals surface area contributed by atoms with Crippen molar-refractivity contribution >= 4 is 45.5 Å². The van der Waals surface area contributed by atoms with Crippen molar-refractivity contribution in [2.75, 3.05) is 0 Å². The van der Waals surface area contributed by atoms with Gasteiger partial charge in [-0.1, -0.05) is 66.2 Å². The number of hydrogen-bond acceptors (Lipinski definition) is 3. The van der Waals surface area contributed by atoms with Crippen LogP contribution >= 0.6 is 11.6 Å². The predicted octanol–water partition coefficient (Wildman–Crippen LogP) is 5.80. The molecule has 0 spiro atoms. The van der Waals surface area contributed by atoms with Crippen molar-refractivity contribution in [2.45, 2.75) is 0 Å². The molecule has 2 aromatic heterocycles. The molecule has 0 aliphatic carbocycles. The summed E-state index contributed by atoms with van der Waals surface area (Å²) in [4.78, 5) is 20.9. The number of H-pyrrole nitrogens is 1. The first-order valence-electron chi connectivity index (χ1n) is 9.75. The topological polar surface area (TPSA) is 70.1 Å². The maximum absolute atomic E-state index is 13.0. The number of nitrogens with one attached hydrogen (secondary N) is 2. The highest BCUT2D eigenvalue weighted by Gasteiger charge is 2.15. The van der Waals surface area contributed by atoms with Crippen LogP contribution in [0.3, 0.4) is 0 Å². The standard InChI is InChI=1S/C25H17ClN4O/c26-21-10-4-1-9-19(21)24-13-20(18-8-3-6-12-23(18)29-24)25(31)30-28-15-16-14-27-22-11-5-2-7-17(16)22/h1-15,27H,(H,30,31)/b28-15-. The van der Waals surface area contributed by atoms with Crippen molar-refractivity contribution in [3.05, 3.63) is 101 Å². The first kappa shape index (κ1) is 19.0. The molecule has 5 aromatic rings. The van der Waals surface area contributed by atoms with Crippen LogP contribution in [-0.4, -0.2) is 22.1 Å². The molecule has 6 heteroatoms. The van der Waals surface area contributed by atoms with Crippen molar-refractivity contribution in [1.29, 1.82) is 0 Å². The third-order valence-corrected chi connectivity index (χ3v) is 5.43. The van der Waals surface area contributed by atoms with Crippen molar-refractivity contribution in [3.63, 3.8) is 0 Å². The van der Waals surface area contributed by atoms with Gasteiger partial charge in [-0.3, -0.25) is 4.79 Å². The van der Waals surface area contributed by atoms with Crippen molar-refractivity contribution in [3.8, 4) is 11.3 Å². The SMILES string of the molecule is O=C(N/N=C\c1c[nH]c2ccccc12)c1cc(-c2ccccc2Cl)nc2ccccc12. The quantitative estimate of drug-likeness (QED) is 0.282. The molecule has 31 heavy (non-hydrogen) atoms. The van der Waals surface area contributed by atoms with Crippen LogP contribution in [0.25, 0.3) is 33.1 Å². The minimum atomic E-state index is -0.317. The molecule has 1 amide bonds. The molecule has 0 fully saturated rings. The van der Waals surface area contributed by atoms with Gasteiger partial charge in [0.05, 0.1) is 23.0 Å². The van der Waals surface area contributed by atoms with Crippen LogP contribution in [0.15, 0.2) is 90.2 Å². The zero-order valence-electron chi connectivity index (χ0n) is 16.3. The number of amides is 1. The second-order valence-corrected chi connectivity index (χ2v) is 7.45. The minimum Gasteiger partial charge on any atom is -0.361 e. The Morgan fingerprint density at radius 1 is 0.968 bits per heavy atom. The molecule has 0 saturated heterocycles. The van der Waals surface area contributed by atoms with Crippen LogP contribution in [-0.2, 0) is 0 Å². The van der Waals surface area contributed by atoms with Gasteiger partial charge in [0.2, 0.25) is 0 Å². The summed E-state index contributed by atoms with van der Waals surface area (Å²) in [5.41, 5.74) is 7.15. The van der Waals surface area contributed by atoms with Gasteiger partial charge in [0.1, 0.15) is 0 Å². The van der Waals surface area contributed by atoms with Gasteiger partial charge in [-0.25, -0.2) is 10.4 Å². The number of para-hydroxylation sites is 2. The molecule has 5 rings (SSSR count). The Morgan fingerprint density at radius 3 is 2.58 bits per heavy atom. The smallest absolute Gasteiger partial charge is 0.272 e. The molecule has 0 radical (unpaired) electrons. The van der Waals surface area contributed by atoms with Gasteiger partial charge in [0, 0.05) is 38.6 Å². The van der Waals surface area contributed by atoms with E-state index < -0.39 is 0 Å². The lowest BCUT2D eigenvalue weighted by molar-refractivity contribution is 0.0956. The van der Waals surface area contributed by atoms with Gasteiger partial charge in [-0.15, -0.1) is 0 Å². The summed E-state index contributed by atoms with van der Waals surface area (Å²) in [6.45, 7) is 0. The third-order valence-electron chi connectivity index (χ3n) is 5.10. The summed E-state index contributed by atoms with van der Waals surface area (Å²) in [6, 6.07) is 24.6. The molecule has 0 unspecified atom stereocenters. The first-order valence-corrected chi connectivity index (χ1v) is 10.1. The van der Waals surface area contributed by atoms with Crippen LogP contribution in [0.2, 0.25) is 5.02 Å². The summed E-state index contributed by atoms with van der Waals surface area (Å²) in [5, 5.41) is 6.54. The number of rotatable bonds is 4. The molecule has 150 valence electrons. The summed E-state index contributed by atoms with van der Waals surface area (Å²) < 4.78 is 0. The van der Waals surface area contributed by atoms with E-state index in [2.05, 4.69) is 15.5 Å². The highest BCUT2D eigenvalue weighted by Crippen LogP contribution is 2.29. The average molecular weight is 425 g/mol. The number of carbonyl (C=O) groups is 1. The van der Waals surface area contributed by atoms with E-state index in [1.165, 1.54) is 0 Å². The zero-order chi connectivity index (χ0) is 21.2. The van der Waals surface area contributed by atoms with Gasteiger partial charge in [0.15, 0.2) is 0 Å². The number of hydrogen-bond donors (Lipinski definition) is 2. The number of aromatic nitrogens is 2. The number of pyridine rings is 1. The van der Waals surface area contributed by atoms with Crippen LogP contribution < -0.4 is 5.43 Å². The fraction of sp³-hybridized carbons (Fsp3) is 0. The highest BCUT2D eigenvalue weighted by atomic mass is 35.5. The maximum atomic E-state index is 13.0. The Balaban J connectivity index is 1.50. The van der Waals surface area contributed by atoms with Crippen LogP contribution in [0.1, 0.15) is 15.9 Å². The zero-order valence-corrected chi connectivity index (χ0v) is 17.1. The summed E-state index contributed by atoms with van der Waals surface area (Å²) in [6.07, 6.45) is 3.49. The van der Waals surface area contributed by atoms with Crippen LogP contribution in [0.5, 0.6) is 0 Å². The van der Waals surface area contributed by atoms with Gasteiger partial charge in [-0.2, -0.15) is 5.10 Å². The van der Waals surface area contributed by atoms with Gasteiger partial charge < -0.3 is 4.98 Å². The Morgan fingerprint density at radius 2 is 1.71 bits per heavy atom. The average Bonchev–Trinajstić information content (AvgIpc) is 3.22. The van der Waals surface area contributed by atoms with Crippen LogP contribution in [0, 0.1) is 0 Å². The normalized spacial score (nSPS) is 11.4. The monoisotopic (exact) mass is 424 g/mol. The number of aromatic amines is 1. The number of fused-ring (bicyclic) bond motifs is 2. The van der Waals surface area contributed by atoms with E-state index in [9.17, 15) is 4.79 Å². The molecule has 0 aliphatic rings. The molecule has 0 aliphatic heterocycles. The third kappa shape index (κ3) is 3.67. The lowest BCUT2D eigenvalue weighted by atomic mass is 10.0.